The monoisotopic (exact) mass is 175 g/mol. The van der Waals surface area contributed by atoms with Gasteiger partial charge >= 0.3 is 5.97 Å². The van der Waals surface area contributed by atoms with Crippen molar-refractivity contribution in [1.29, 1.82) is 0 Å². The third kappa shape index (κ3) is 1.43. The molecule has 70 valence electrons. The van der Waals surface area contributed by atoms with Crippen molar-refractivity contribution in [3.63, 3.8) is 0 Å². The first-order chi connectivity index (χ1) is 5.57. The molecule has 0 aromatic heterocycles. The summed E-state index contributed by atoms with van der Waals surface area (Å²) in [5.41, 5.74) is 0. The molecule has 0 amide bonds. The van der Waals surface area contributed by atoms with Crippen LogP contribution in [0.15, 0.2) is 0 Å². The molecule has 0 aliphatic carbocycles. The van der Waals surface area contributed by atoms with Gasteiger partial charge < -0.3 is 14.9 Å². The Morgan fingerprint density at radius 2 is 2.00 bits per heavy atom. The molecular formula is C7H13NO4. The van der Waals surface area contributed by atoms with E-state index in [9.17, 15) is 15.0 Å². The number of esters is 1. The minimum absolute atomic E-state index is 0.288. The second-order valence-corrected chi connectivity index (χ2v) is 2.94. The largest absolute Gasteiger partial charge is 0.468 e. The van der Waals surface area contributed by atoms with Crippen LogP contribution < -0.4 is 5.32 Å². The average Bonchev–Trinajstić information content (AvgIpc) is 2.32. The summed E-state index contributed by atoms with van der Waals surface area (Å²) in [5, 5.41) is 21.3. The Hall–Kier alpha value is -0.650. The molecule has 1 heterocycles. The number of carbonyl (C=O) groups is 1. The average molecular weight is 175 g/mol. The molecule has 12 heavy (non-hydrogen) atoms. The predicted octanol–water partition coefficient (Wildman–Crippen LogP) is -1.76. The van der Waals surface area contributed by atoms with Crippen LogP contribution in [-0.2, 0) is 9.53 Å². The number of aliphatic hydroxyl groups is 2. The highest BCUT2D eigenvalue weighted by Gasteiger charge is 2.43. The quantitative estimate of drug-likeness (QED) is 0.411. The number of ether oxygens (including phenoxy) is 1. The van der Waals surface area contributed by atoms with Crippen LogP contribution in [0.4, 0.5) is 0 Å². The maximum Gasteiger partial charge on any atom is 0.325 e. The molecule has 1 aliphatic rings. The molecule has 4 atom stereocenters. The summed E-state index contributed by atoms with van der Waals surface area (Å²) in [6.07, 6.45) is -1.98. The molecule has 3 N–H and O–H groups in total. The van der Waals surface area contributed by atoms with E-state index in [1.165, 1.54) is 7.11 Å². The minimum Gasteiger partial charge on any atom is -0.468 e. The Balaban J connectivity index is 2.64. The van der Waals surface area contributed by atoms with Gasteiger partial charge in [-0.15, -0.1) is 0 Å². The van der Waals surface area contributed by atoms with Crippen LogP contribution in [-0.4, -0.2) is 47.6 Å². The van der Waals surface area contributed by atoms with Gasteiger partial charge in [-0.05, 0) is 6.92 Å². The molecule has 0 radical (unpaired) electrons. The molecule has 0 aromatic carbocycles. The Kier molecular flexibility index (Phi) is 2.66. The number of hydrogen-bond acceptors (Lipinski definition) is 5. The van der Waals surface area contributed by atoms with Crippen LogP contribution in [0.3, 0.4) is 0 Å². The highest BCUT2D eigenvalue weighted by molar-refractivity contribution is 5.77. The Labute approximate surface area is 70.3 Å². The lowest BCUT2D eigenvalue weighted by Crippen LogP contribution is -2.41. The fourth-order valence-corrected chi connectivity index (χ4v) is 1.31. The summed E-state index contributed by atoms with van der Waals surface area (Å²) < 4.78 is 4.43. The zero-order valence-corrected chi connectivity index (χ0v) is 7.02. The molecule has 1 saturated heterocycles. The lowest BCUT2D eigenvalue weighted by atomic mass is 10.1. The van der Waals surface area contributed by atoms with Crippen molar-refractivity contribution < 1.29 is 19.7 Å². The molecule has 0 aromatic rings. The standard InChI is InChI=1S/C7H13NO4/c1-3-5(9)6(10)4(8-3)7(11)12-2/h3-6,8-10H,1-2H3/t3-,4-,5-,6+/m1/s1. The normalized spacial score (nSPS) is 41.3. The number of aliphatic hydroxyl groups excluding tert-OH is 2. The van der Waals surface area contributed by atoms with E-state index in [0.717, 1.165) is 0 Å². The molecule has 1 fully saturated rings. The van der Waals surface area contributed by atoms with E-state index in [2.05, 4.69) is 10.1 Å². The van der Waals surface area contributed by atoms with Crippen LogP contribution in [0.1, 0.15) is 6.92 Å². The summed E-state index contributed by atoms with van der Waals surface area (Å²) >= 11 is 0. The van der Waals surface area contributed by atoms with Gasteiger partial charge in [-0.2, -0.15) is 0 Å². The molecule has 1 aliphatic heterocycles. The van der Waals surface area contributed by atoms with Crippen LogP contribution >= 0.6 is 0 Å². The van der Waals surface area contributed by atoms with Gasteiger partial charge in [0.05, 0.1) is 13.2 Å². The zero-order valence-electron chi connectivity index (χ0n) is 7.02. The Morgan fingerprint density at radius 3 is 2.33 bits per heavy atom. The lowest BCUT2D eigenvalue weighted by Gasteiger charge is -2.12. The summed E-state index contributed by atoms with van der Waals surface area (Å²) in [5.74, 6) is -0.550. The second-order valence-electron chi connectivity index (χ2n) is 2.94. The van der Waals surface area contributed by atoms with Gasteiger partial charge in [0.25, 0.3) is 0 Å². The van der Waals surface area contributed by atoms with Crippen LogP contribution in [0.5, 0.6) is 0 Å². The summed E-state index contributed by atoms with van der Waals surface area (Å²) in [6.45, 7) is 1.69. The first kappa shape index (κ1) is 9.44. The highest BCUT2D eigenvalue weighted by atomic mass is 16.5. The SMILES string of the molecule is COC(=O)[C@@H]1N[C@H](C)[C@@H](O)[C@H]1O. The van der Waals surface area contributed by atoms with E-state index < -0.39 is 24.2 Å². The minimum atomic E-state index is -1.08. The molecule has 0 unspecified atom stereocenters. The highest BCUT2D eigenvalue weighted by Crippen LogP contribution is 2.14. The first-order valence-corrected chi connectivity index (χ1v) is 3.78. The predicted molar refractivity (Wildman–Crippen MR) is 40.4 cm³/mol. The summed E-state index contributed by atoms with van der Waals surface area (Å²) in [7, 11) is 1.24. The van der Waals surface area contributed by atoms with Crippen LogP contribution in [0.25, 0.3) is 0 Å². The molecule has 0 spiro atoms. The van der Waals surface area contributed by atoms with Gasteiger partial charge in [-0.3, -0.25) is 10.1 Å². The van der Waals surface area contributed by atoms with Crippen molar-refractivity contribution in [1.82, 2.24) is 5.32 Å². The van der Waals surface area contributed by atoms with Crippen molar-refractivity contribution in [2.45, 2.75) is 31.2 Å². The van der Waals surface area contributed by atoms with Crippen LogP contribution in [0, 0.1) is 0 Å². The number of nitrogens with one attached hydrogen (secondary N) is 1. The van der Waals surface area contributed by atoms with Crippen molar-refractivity contribution in [3.05, 3.63) is 0 Å². The van der Waals surface area contributed by atoms with Crippen molar-refractivity contribution in [2.75, 3.05) is 7.11 Å². The third-order valence-electron chi connectivity index (χ3n) is 2.10. The van der Waals surface area contributed by atoms with Gasteiger partial charge in [0.15, 0.2) is 0 Å². The van der Waals surface area contributed by atoms with Crippen molar-refractivity contribution in [3.8, 4) is 0 Å². The molecule has 5 nitrogen and oxygen atoms in total. The van der Waals surface area contributed by atoms with E-state index in [0.29, 0.717) is 0 Å². The first-order valence-electron chi connectivity index (χ1n) is 3.78. The molecule has 1 rings (SSSR count). The fraction of sp³-hybridized carbons (Fsp3) is 0.857. The van der Waals surface area contributed by atoms with Gasteiger partial charge in [0.2, 0.25) is 0 Å². The molecule has 0 saturated carbocycles. The lowest BCUT2D eigenvalue weighted by molar-refractivity contribution is -0.145. The maximum absolute atomic E-state index is 11.0. The third-order valence-corrected chi connectivity index (χ3v) is 2.10. The van der Waals surface area contributed by atoms with E-state index in [1.807, 2.05) is 0 Å². The van der Waals surface area contributed by atoms with Crippen LogP contribution in [0.2, 0.25) is 0 Å². The van der Waals surface area contributed by atoms with E-state index in [4.69, 9.17) is 0 Å². The second kappa shape index (κ2) is 3.38. The molecule has 0 bridgehead atoms. The van der Waals surface area contributed by atoms with Gasteiger partial charge in [0.1, 0.15) is 12.1 Å². The molecule has 5 heteroatoms. The zero-order chi connectivity index (χ0) is 9.30. The number of methoxy groups -OCH3 is 1. The molecular weight excluding hydrogens is 162 g/mol. The van der Waals surface area contributed by atoms with Crippen molar-refractivity contribution in [2.24, 2.45) is 0 Å². The van der Waals surface area contributed by atoms with Crippen molar-refractivity contribution >= 4 is 5.97 Å². The number of carbonyl (C=O) groups excluding carboxylic acids is 1. The Bertz CT molecular complexity index is 184. The summed E-state index contributed by atoms with van der Waals surface area (Å²) in [4.78, 5) is 11.0. The summed E-state index contributed by atoms with van der Waals surface area (Å²) in [6, 6.07) is -1.09. The number of rotatable bonds is 1. The smallest absolute Gasteiger partial charge is 0.325 e. The van der Waals surface area contributed by atoms with E-state index in [1.54, 1.807) is 6.92 Å². The maximum atomic E-state index is 11.0. The van der Waals surface area contributed by atoms with E-state index in [-0.39, 0.29) is 6.04 Å². The fourth-order valence-electron chi connectivity index (χ4n) is 1.31. The van der Waals surface area contributed by atoms with Gasteiger partial charge in [-0.1, -0.05) is 0 Å². The van der Waals surface area contributed by atoms with E-state index >= 15 is 0 Å². The number of hydrogen-bond donors (Lipinski definition) is 3. The van der Waals surface area contributed by atoms with Gasteiger partial charge in [-0.25, -0.2) is 0 Å². The Morgan fingerprint density at radius 1 is 1.42 bits per heavy atom. The van der Waals surface area contributed by atoms with Gasteiger partial charge in [0, 0.05) is 6.04 Å². The topological polar surface area (TPSA) is 78.8 Å².